The molecule has 3 nitrogen and oxygen atoms in total. The first kappa shape index (κ1) is 11.1. The Labute approximate surface area is 102 Å². The molecule has 1 aromatic heterocycles. The molecule has 1 N–H and O–H groups in total. The lowest BCUT2D eigenvalue weighted by molar-refractivity contribution is 0.684. The van der Waals surface area contributed by atoms with Crippen molar-refractivity contribution in [2.75, 3.05) is 16.8 Å². The summed E-state index contributed by atoms with van der Waals surface area (Å²) in [6.45, 7) is 0. The average Bonchev–Trinajstić information content (AvgIpc) is 2.60. The van der Waals surface area contributed by atoms with E-state index in [0.29, 0.717) is 16.1 Å². The van der Waals surface area contributed by atoms with Gasteiger partial charge in [0.2, 0.25) is 0 Å². The fraction of sp³-hybridized carbons (Fsp3) is 0.556. The van der Waals surface area contributed by atoms with Gasteiger partial charge in [-0.3, -0.25) is 0 Å². The molecule has 1 atom stereocenters. The molecule has 1 unspecified atom stereocenters. The highest BCUT2D eigenvalue weighted by Crippen LogP contribution is 2.28. The van der Waals surface area contributed by atoms with Crippen LogP contribution in [0.2, 0.25) is 5.15 Å². The second-order valence-electron chi connectivity index (χ2n) is 3.31. The number of thiazole rings is 1. The van der Waals surface area contributed by atoms with Crippen molar-refractivity contribution in [3.63, 3.8) is 0 Å². The largest absolute Gasteiger partial charge is 0.358 e. The molecule has 1 saturated heterocycles. The van der Waals surface area contributed by atoms with Gasteiger partial charge in [-0.05, 0) is 18.6 Å². The molecule has 6 heteroatoms. The third-order valence-electron chi connectivity index (χ3n) is 2.18. The van der Waals surface area contributed by atoms with Crippen molar-refractivity contribution >= 4 is 39.8 Å². The van der Waals surface area contributed by atoms with E-state index in [4.69, 9.17) is 16.9 Å². The summed E-state index contributed by atoms with van der Waals surface area (Å²) in [7, 11) is 0. The fourth-order valence-electron chi connectivity index (χ4n) is 1.46. The molecule has 80 valence electrons. The molecule has 1 aliphatic rings. The number of anilines is 1. The van der Waals surface area contributed by atoms with E-state index in [1.54, 1.807) is 0 Å². The van der Waals surface area contributed by atoms with E-state index in [9.17, 15) is 0 Å². The van der Waals surface area contributed by atoms with Gasteiger partial charge >= 0.3 is 0 Å². The first-order valence-corrected chi connectivity index (χ1v) is 7.05. The van der Waals surface area contributed by atoms with Crippen LogP contribution in [0.5, 0.6) is 0 Å². The van der Waals surface area contributed by atoms with E-state index >= 15 is 0 Å². The Morgan fingerprint density at radius 2 is 2.47 bits per heavy atom. The summed E-state index contributed by atoms with van der Waals surface area (Å²) in [4.78, 5) is 4.61. The van der Waals surface area contributed by atoms with E-state index in [2.05, 4.69) is 10.3 Å². The van der Waals surface area contributed by atoms with Gasteiger partial charge in [0, 0.05) is 11.8 Å². The van der Waals surface area contributed by atoms with Gasteiger partial charge in [0.15, 0.2) is 10.3 Å². The van der Waals surface area contributed by atoms with E-state index < -0.39 is 0 Å². The number of thioether (sulfide) groups is 1. The first-order valence-electron chi connectivity index (χ1n) is 4.70. The Morgan fingerprint density at radius 3 is 3.07 bits per heavy atom. The minimum Gasteiger partial charge on any atom is -0.358 e. The summed E-state index contributed by atoms with van der Waals surface area (Å²) < 4.78 is 0. The predicted octanol–water partition coefficient (Wildman–Crippen LogP) is 2.98. The zero-order chi connectivity index (χ0) is 10.7. The van der Waals surface area contributed by atoms with Gasteiger partial charge in [-0.25, -0.2) is 4.98 Å². The summed E-state index contributed by atoms with van der Waals surface area (Å²) >= 11 is 9.08. The molecule has 0 radical (unpaired) electrons. The van der Waals surface area contributed by atoms with Crippen molar-refractivity contribution in [2.45, 2.75) is 18.9 Å². The molecule has 0 aromatic carbocycles. The maximum absolute atomic E-state index is 8.74. The van der Waals surface area contributed by atoms with E-state index in [-0.39, 0.29) is 0 Å². The van der Waals surface area contributed by atoms with Gasteiger partial charge in [0.25, 0.3) is 0 Å². The summed E-state index contributed by atoms with van der Waals surface area (Å²) in [5, 5.41) is 13.2. The quantitative estimate of drug-likeness (QED) is 0.887. The number of rotatable bonds is 2. The number of nitriles is 1. The van der Waals surface area contributed by atoms with Gasteiger partial charge in [-0.15, -0.1) is 0 Å². The Balaban J connectivity index is 2.01. The molecule has 0 bridgehead atoms. The lowest BCUT2D eigenvalue weighted by atomic mass is 10.2. The maximum atomic E-state index is 8.74. The fourth-order valence-corrected chi connectivity index (χ4v) is 3.56. The third kappa shape index (κ3) is 2.77. The minimum absolute atomic E-state index is 0.313. The monoisotopic (exact) mass is 259 g/mol. The van der Waals surface area contributed by atoms with Crippen molar-refractivity contribution in [3.05, 3.63) is 10.0 Å². The van der Waals surface area contributed by atoms with E-state index in [1.165, 1.54) is 29.9 Å². The summed E-state index contributed by atoms with van der Waals surface area (Å²) in [6, 6.07) is 2.50. The van der Waals surface area contributed by atoms with Crippen LogP contribution < -0.4 is 5.32 Å². The highest BCUT2D eigenvalue weighted by molar-refractivity contribution is 7.99. The Hall–Kier alpha value is -0.440. The van der Waals surface area contributed by atoms with Crippen molar-refractivity contribution in [2.24, 2.45) is 0 Å². The van der Waals surface area contributed by atoms with Crippen molar-refractivity contribution < 1.29 is 0 Å². The molecule has 0 saturated carbocycles. The van der Waals surface area contributed by atoms with Crippen LogP contribution in [0.15, 0.2) is 0 Å². The summed E-state index contributed by atoms with van der Waals surface area (Å²) in [6.07, 6.45) is 2.42. The van der Waals surface area contributed by atoms with Crippen molar-refractivity contribution in [3.8, 4) is 6.07 Å². The SMILES string of the molecule is N#Cc1sc(NC2CCCSC2)nc1Cl. The standard InChI is InChI=1S/C9H10ClN3S2/c10-8-7(4-11)15-9(13-8)12-6-2-1-3-14-5-6/h6H,1-3,5H2,(H,12,13). The lowest BCUT2D eigenvalue weighted by Gasteiger charge is -2.21. The summed E-state index contributed by atoms with van der Waals surface area (Å²) in [5.74, 6) is 2.36. The second kappa shape index (κ2) is 5.06. The normalized spacial score (nSPS) is 20.9. The molecule has 2 heterocycles. The van der Waals surface area contributed by atoms with Crippen LogP contribution >= 0.6 is 34.7 Å². The van der Waals surface area contributed by atoms with Crippen molar-refractivity contribution in [1.29, 1.82) is 5.26 Å². The van der Waals surface area contributed by atoms with Crippen LogP contribution in [0.3, 0.4) is 0 Å². The van der Waals surface area contributed by atoms with Crippen LogP contribution in [0.25, 0.3) is 0 Å². The zero-order valence-corrected chi connectivity index (χ0v) is 10.4. The Bertz CT molecular complexity index is 379. The number of nitrogens with one attached hydrogen (secondary N) is 1. The second-order valence-corrected chi connectivity index (χ2v) is 5.82. The van der Waals surface area contributed by atoms with Crippen LogP contribution in [0.4, 0.5) is 5.13 Å². The Morgan fingerprint density at radius 1 is 1.60 bits per heavy atom. The van der Waals surface area contributed by atoms with Crippen molar-refractivity contribution in [1.82, 2.24) is 4.98 Å². The van der Waals surface area contributed by atoms with Gasteiger partial charge in [0.05, 0.1) is 0 Å². The highest BCUT2D eigenvalue weighted by atomic mass is 35.5. The molecule has 0 aliphatic carbocycles. The molecule has 1 fully saturated rings. The molecule has 15 heavy (non-hydrogen) atoms. The smallest absolute Gasteiger partial charge is 0.185 e. The lowest BCUT2D eigenvalue weighted by Crippen LogP contribution is -2.25. The number of hydrogen-bond donors (Lipinski definition) is 1. The van der Waals surface area contributed by atoms with E-state index in [0.717, 1.165) is 10.9 Å². The maximum Gasteiger partial charge on any atom is 0.185 e. The minimum atomic E-state index is 0.313. The van der Waals surface area contributed by atoms with E-state index in [1.807, 2.05) is 17.8 Å². The highest BCUT2D eigenvalue weighted by Gasteiger charge is 2.16. The van der Waals surface area contributed by atoms with Gasteiger partial charge in [-0.2, -0.15) is 17.0 Å². The average molecular weight is 260 g/mol. The molecular weight excluding hydrogens is 250 g/mol. The number of halogens is 1. The molecule has 1 aromatic rings. The predicted molar refractivity (Wildman–Crippen MR) is 65.8 cm³/mol. The van der Waals surface area contributed by atoms with Crippen LogP contribution in [0, 0.1) is 11.3 Å². The molecule has 2 rings (SSSR count). The molecular formula is C9H10ClN3S2. The van der Waals surface area contributed by atoms with Gasteiger partial charge in [-0.1, -0.05) is 22.9 Å². The first-order chi connectivity index (χ1) is 7.29. The zero-order valence-electron chi connectivity index (χ0n) is 7.99. The number of nitrogens with zero attached hydrogens (tertiary/aromatic N) is 2. The van der Waals surface area contributed by atoms with Gasteiger partial charge in [0.1, 0.15) is 10.9 Å². The van der Waals surface area contributed by atoms with Gasteiger partial charge < -0.3 is 5.32 Å². The summed E-state index contributed by atoms with van der Waals surface area (Å²) in [5.41, 5.74) is 0. The topological polar surface area (TPSA) is 48.7 Å². The molecule has 0 amide bonds. The van der Waals surface area contributed by atoms with Crippen LogP contribution in [-0.2, 0) is 0 Å². The van der Waals surface area contributed by atoms with Crippen LogP contribution in [0.1, 0.15) is 17.7 Å². The Kier molecular flexibility index (Phi) is 3.73. The number of hydrogen-bond acceptors (Lipinski definition) is 5. The van der Waals surface area contributed by atoms with Crippen LogP contribution in [-0.4, -0.2) is 22.5 Å². The molecule has 0 spiro atoms. The molecule has 1 aliphatic heterocycles. The third-order valence-corrected chi connectivity index (χ3v) is 4.67. The number of aromatic nitrogens is 1.